The highest BCUT2D eigenvalue weighted by Crippen LogP contribution is 2.52. The van der Waals surface area contributed by atoms with E-state index in [-0.39, 0.29) is 5.41 Å². The van der Waals surface area contributed by atoms with Crippen LogP contribution < -0.4 is 0 Å². The van der Waals surface area contributed by atoms with Gasteiger partial charge in [-0.2, -0.15) is 0 Å². The van der Waals surface area contributed by atoms with Crippen LogP contribution in [0.2, 0.25) is 0 Å². The van der Waals surface area contributed by atoms with Crippen molar-refractivity contribution < 1.29 is 0 Å². The van der Waals surface area contributed by atoms with E-state index in [4.69, 9.17) is 0 Å². The van der Waals surface area contributed by atoms with Crippen LogP contribution in [0, 0.1) is 0 Å². The van der Waals surface area contributed by atoms with Crippen molar-refractivity contribution >= 4 is 21.8 Å². The molecule has 0 saturated carbocycles. The lowest BCUT2D eigenvalue weighted by molar-refractivity contribution is 0.660. The van der Waals surface area contributed by atoms with Gasteiger partial charge < -0.3 is 4.98 Å². The van der Waals surface area contributed by atoms with Gasteiger partial charge in [-0.25, -0.2) is 0 Å². The molecule has 0 amide bonds. The molecular formula is C33H25N. The highest BCUT2D eigenvalue weighted by molar-refractivity contribution is 6.11. The Balaban J connectivity index is 1.37. The summed E-state index contributed by atoms with van der Waals surface area (Å²) in [7, 11) is 0. The summed E-state index contributed by atoms with van der Waals surface area (Å²) in [5.41, 5.74) is 13.0. The average Bonchev–Trinajstić information content (AvgIpc) is 3.37. The first-order valence-electron chi connectivity index (χ1n) is 12.0. The summed E-state index contributed by atoms with van der Waals surface area (Å²) in [5.74, 6) is 0. The molecule has 0 bridgehead atoms. The van der Waals surface area contributed by atoms with Crippen molar-refractivity contribution in [2.45, 2.75) is 19.3 Å². The first kappa shape index (κ1) is 19.4. The molecule has 7 rings (SSSR count). The van der Waals surface area contributed by atoms with Gasteiger partial charge in [0.2, 0.25) is 0 Å². The largest absolute Gasteiger partial charge is 0.354 e. The van der Waals surface area contributed by atoms with Crippen LogP contribution in [0.4, 0.5) is 0 Å². The van der Waals surface area contributed by atoms with Gasteiger partial charge in [0, 0.05) is 27.3 Å². The van der Waals surface area contributed by atoms with Crippen molar-refractivity contribution in [3.05, 3.63) is 120 Å². The van der Waals surface area contributed by atoms with Gasteiger partial charge in [-0.3, -0.25) is 0 Å². The van der Waals surface area contributed by atoms with Gasteiger partial charge in [-0.05, 0) is 45.0 Å². The Bertz CT molecular complexity index is 1710. The molecule has 6 aromatic rings. The average molecular weight is 436 g/mol. The Kier molecular flexibility index (Phi) is 3.96. The van der Waals surface area contributed by atoms with Crippen molar-refractivity contribution in [2.24, 2.45) is 0 Å². The molecule has 1 aromatic heterocycles. The number of aromatic amines is 1. The number of hydrogen-bond acceptors (Lipinski definition) is 0. The molecule has 5 aromatic carbocycles. The standard InChI is InChI=1S/C33H25N/c1-33(2)28-14-5-3-10-27(28)31-23(11-8-15-29(31)33)21-17-19-22(20-18-21)24-12-7-13-26-25-9-4-6-16-30(25)34-32(24)26/h3-20,34H,1-2H3. The van der Waals surface area contributed by atoms with Crippen molar-refractivity contribution in [1.82, 2.24) is 4.98 Å². The van der Waals surface area contributed by atoms with Crippen molar-refractivity contribution in [1.29, 1.82) is 0 Å². The van der Waals surface area contributed by atoms with Crippen LogP contribution in [0.25, 0.3) is 55.2 Å². The number of fused-ring (bicyclic) bond motifs is 6. The first-order chi connectivity index (χ1) is 16.6. The molecule has 1 nitrogen and oxygen atoms in total. The zero-order chi connectivity index (χ0) is 22.9. The summed E-state index contributed by atoms with van der Waals surface area (Å²) in [5, 5.41) is 2.55. The van der Waals surface area contributed by atoms with Crippen LogP contribution in [-0.4, -0.2) is 4.98 Å². The van der Waals surface area contributed by atoms with E-state index < -0.39 is 0 Å². The Hall–Kier alpha value is -4.10. The van der Waals surface area contributed by atoms with Gasteiger partial charge in [0.15, 0.2) is 0 Å². The summed E-state index contributed by atoms with van der Waals surface area (Å²) in [6.07, 6.45) is 0. The van der Waals surface area contributed by atoms with E-state index in [1.165, 1.54) is 66.3 Å². The predicted octanol–water partition coefficient (Wildman–Crippen LogP) is 8.96. The molecular weight excluding hydrogens is 410 g/mol. The maximum Gasteiger partial charge on any atom is 0.0544 e. The minimum atomic E-state index is 0.0210. The lowest BCUT2D eigenvalue weighted by atomic mass is 9.82. The van der Waals surface area contributed by atoms with Gasteiger partial charge in [-0.15, -0.1) is 0 Å². The lowest BCUT2D eigenvalue weighted by Crippen LogP contribution is -2.14. The second-order valence-electron chi connectivity index (χ2n) is 9.87. The van der Waals surface area contributed by atoms with Gasteiger partial charge >= 0.3 is 0 Å². The van der Waals surface area contributed by atoms with Crippen LogP contribution in [0.1, 0.15) is 25.0 Å². The molecule has 1 heterocycles. The van der Waals surface area contributed by atoms with Crippen LogP contribution in [0.5, 0.6) is 0 Å². The van der Waals surface area contributed by atoms with Gasteiger partial charge in [0.1, 0.15) is 0 Å². The molecule has 0 unspecified atom stereocenters. The Morgan fingerprint density at radius 3 is 1.94 bits per heavy atom. The summed E-state index contributed by atoms with van der Waals surface area (Å²) in [4.78, 5) is 3.65. The van der Waals surface area contributed by atoms with Crippen LogP contribution >= 0.6 is 0 Å². The van der Waals surface area contributed by atoms with Crippen LogP contribution in [0.15, 0.2) is 109 Å². The van der Waals surface area contributed by atoms with E-state index in [9.17, 15) is 0 Å². The molecule has 1 N–H and O–H groups in total. The fourth-order valence-electron chi connectivity index (χ4n) is 5.94. The number of nitrogens with one attached hydrogen (secondary N) is 1. The quantitative estimate of drug-likeness (QED) is 0.279. The van der Waals surface area contributed by atoms with E-state index in [1.54, 1.807) is 0 Å². The second kappa shape index (κ2) is 6.95. The van der Waals surface area contributed by atoms with Gasteiger partial charge in [0.05, 0.1) is 5.52 Å². The minimum absolute atomic E-state index is 0.0210. The number of para-hydroxylation sites is 2. The summed E-state index contributed by atoms with van der Waals surface area (Å²) in [6.45, 7) is 4.68. The zero-order valence-electron chi connectivity index (χ0n) is 19.4. The smallest absolute Gasteiger partial charge is 0.0544 e. The number of hydrogen-bond donors (Lipinski definition) is 1. The zero-order valence-corrected chi connectivity index (χ0v) is 19.4. The Labute approximate surface area is 199 Å². The fourth-order valence-corrected chi connectivity index (χ4v) is 5.94. The second-order valence-corrected chi connectivity index (χ2v) is 9.87. The van der Waals surface area contributed by atoms with Crippen molar-refractivity contribution in [2.75, 3.05) is 0 Å². The number of rotatable bonds is 2. The molecule has 1 aliphatic rings. The third-order valence-corrected chi connectivity index (χ3v) is 7.66. The fraction of sp³-hybridized carbons (Fsp3) is 0.0909. The highest BCUT2D eigenvalue weighted by Gasteiger charge is 2.36. The summed E-state index contributed by atoms with van der Waals surface area (Å²) >= 11 is 0. The van der Waals surface area contributed by atoms with Gasteiger partial charge in [0.25, 0.3) is 0 Å². The van der Waals surface area contributed by atoms with Gasteiger partial charge in [-0.1, -0.05) is 117 Å². The van der Waals surface area contributed by atoms with E-state index in [1.807, 2.05) is 0 Å². The summed E-state index contributed by atoms with van der Waals surface area (Å²) < 4.78 is 0. The molecule has 34 heavy (non-hydrogen) atoms. The van der Waals surface area contributed by atoms with E-state index in [2.05, 4.69) is 128 Å². The molecule has 1 aliphatic carbocycles. The molecule has 162 valence electrons. The first-order valence-corrected chi connectivity index (χ1v) is 12.0. The lowest BCUT2D eigenvalue weighted by Gasteiger charge is -2.21. The maximum absolute atomic E-state index is 3.65. The van der Waals surface area contributed by atoms with Crippen molar-refractivity contribution in [3.63, 3.8) is 0 Å². The van der Waals surface area contributed by atoms with Crippen LogP contribution in [0.3, 0.4) is 0 Å². The predicted molar refractivity (Wildman–Crippen MR) is 144 cm³/mol. The van der Waals surface area contributed by atoms with E-state index >= 15 is 0 Å². The molecule has 0 fully saturated rings. The van der Waals surface area contributed by atoms with E-state index in [0.717, 1.165) is 0 Å². The Morgan fingerprint density at radius 2 is 1.09 bits per heavy atom. The number of benzene rings is 5. The molecule has 0 aliphatic heterocycles. The molecule has 0 spiro atoms. The van der Waals surface area contributed by atoms with Crippen LogP contribution in [-0.2, 0) is 5.41 Å². The van der Waals surface area contributed by atoms with Crippen molar-refractivity contribution in [3.8, 4) is 33.4 Å². The summed E-state index contributed by atoms with van der Waals surface area (Å²) in [6, 6.07) is 39.8. The minimum Gasteiger partial charge on any atom is -0.354 e. The molecule has 0 saturated heterocycles. The SMILES string of the molecule is CC1(C)c2ccccc2-c2c(-c3ccc(-c4cccc5c4[nH]c4ccccc45)cc3)cccc21. The maximum atomic E-state index is 3.65. The van der Waals surface area contributed by atoms with E-state index in [0.29, 0.717) is 0 Å². The highest BCUT2D eigenvalue weighted by atomic mass is 14.7. The third-order valence-electron chi connectivity index (χ3n) is 7.66. The molecule has 0 atom stereocenters. The topological polar surface area (TPSA) is 15.8 Å². The monoisotopic (exact) mass is 435 g/mol. The number of H-pyrrole nitrogens is 1. The normalized spacial score (nSPS) is 13.8. The number of aromatic nitrogens is 1. The molecule has 1 heteroatoms. The Morgan fingerprint density at radius 1 is 0.500 bits per heavy atom. The third kappa shape index (κ3) is 2.61. The molecule has 0 radical (unpaired) electrons.